The summed E-state index contributed by atoms with van der Waals surface area (Å²) in [5.74, 6) is 0.253. The number of hydrogen-bond donors (Lipinski definition) is 2. The van der Waals surface area contributed by atoms with Gasteiger partial charge >= 0.3 is 0 Å². The van der Waals surface area contributed by atoms with Crippen molar-refractivity contribution in [1.29, 1.82) is 0 Å². The molecule has 3 aromatic carbocycles. The molecule has 0 aromatic heterocycles. The van der Waals surface area contributed by atoms with Gasteiger partial charge in [-0.15, -0.1) is 0 Å². The summed E-state index contributed by atoms with van der Waals surface area (Å²) in [7, 11) is 0. The molecule has 1 aliphatic rings. The van der Waals surface area contributed by atoms with E-state index >= 15 is 0 Å². The molecule has 6 heteroatoms. The molecule has 0 bridgehead atoms. The number of rotatable bonds is 5. The van der Waals surface area contributed by atoms with Crippen molar-refractivity contribution < 1.29 is 9.53 Å². The lowest BCUT2D eigenvalue weighted by Gasteiger charge is -2.21. The van der Waals surface area contributed by atoms with Gasteiger partial charge in [0.2, 0.25) is 0 Å². The van der Waals surface area contributed by atoms with E-state index < -0.39 is 0 Å². The van der Waals surface area contributed by atoms with Crippen LogP contribution in [-0.4, -0.2) is 18.2 Å². The number of anilines is 2. The first-order valence-electron chi connectivity index (χ1n) is 9.40. The summed E-state index contributed by atoms with van der Waals surface area (Å²) in [5, 5.41) is 7.76. The van der Waals surface area contributed by atoms with Gasteiger partial charge in [-0.3, -0.25) is 4.79 Å². The first kappa shape index (κ1) is 19.1. The first-order chi connectivity index (χ1) is 14.2. The van der Waals surface area contributed by atoms with Gasteiger partial charge in [0.05, 0.1) is 29.3 Å². The number of nitrogens with one attached hydrogen (secondary N) is 2. The maximum absolute atomic E-state index is 12.5. The number of hydrogen-bond acceptors (Lipinski definition) is 5. The Morgan fingerprint density at radius 3 is 2.66 bits per heavy atom. The van der Waals surface area contributed by atoms with E-state index in [0.29, 0.717) is 17.9 Å². The van der Waals surface area contributed by atoms with Crippen LogP contribution in [0.2, 0.25) is 0 Å². The summed E-state index contributed by atoms with van der Waals surface area (Å²) < 4.78 is 5.52. The van der Waals surface area contributed by atoms with Crippen LogP contribution in [0.15, 0.2) is 81.6 Å². The fraction of sp³-hybridized carbons (Fsp3) is 0.130. The number of ether oxygens (including phenoxy) is 1. The molecule has 1 heterocycles. The van der Waals surface area contributed by atoms with Crippen LogP contribution in [-0.2, 0) is 0 Å². The topological polar surface area (TPSA) is 62.7 Å². The lowest BCUT2D eigenvalue weighted by Crippen LogP contribution is -2.20. The minimum Gasteiger partial charge on any atom is -0.493 e. The van der Waals surface area contributed by atoms with Crippen molar-refractivity contribution in [2.75, 3.05) is 11.9 Å². The fourth-order valence-corrected chi connectivity index (χ4v) is 4.03. The van der Waals surface area contributed by atoms with Crippen LogP contribution in [0, 0.1) is 0 Å². The number of benzene rings is 3. The second-order valence-electron chi connectivity index (χ2n) is 6.50. The molecule has 1 aliphatic heterocycles. The van der Waals surface area contributed by atoms with Gasteiger partial charge in [0, 0.05) is 9.79 Å². The Morgan fingerprint density at radius 1 is 1.03 bits per heavy atom. The van der Waals surface area contributed by atoms with E-state index in [9.17, 15) is 4.79 Å². The van der Waals surface area contributed by atoms with Crippen LogP contribution >= 0.6 is 11.8 Å². The highest BCUT2D eigenvalue weighted by molar-refractivity contribution is 7.99. The summed E-state index contributed by atoms with van der Waals surface area (Å²) in [6.07, 6.45) is 0. The van der Waals surface area contributed by atoms with Crippen molar-refractivity contribution in [2.45, 2.75) is 23.6 Å². The van der Waals surface area contributed by atoms with E-state index in [-0.39, 0.29) is 5.91 Å². The zero-order valence-electron chi connectivity index (χ0n) is 16.2. The van der Waals surface area contributed by atoms with Gasteiger partial charge in [0.1, 0.15) is 5.75 Å². The molecule has 0 atom stereocenters. The molecule has 29 heavy (non-hydrogen) atoms. The Bertz CT molecular complexity index is 1090. The first-order valence-corrected chi connectivity index (χ1v) is 10.2. The summed E-state index contributed by atoms with van der Waals surface area (Å²) in [4.78, 5) is 14.9. The van der Waals surface area contributed by atoms with E-state index in [2.05, 4.69) is 40.1 Å². The van der Waals surface area contributed by atoms with Crippen molar-refractivity contribution >= 4 is 34.8 Å². The van der Waals surface area contributed by atoms with Crippen LogP contribution in [0.3, 0.4) is 0 Å². The average Bonchev–Trinajstić information content (AvgIpc) is 2.76. The predicted molar refractivity (Wildman–Crippen MR) is 118 cm³/mol. The minimum absolute atomic E-state index is 0.297. The lowest BCUT2D eigenvalue weighted by atomic mass is 10.1. The molecule has 1 amide bonds. The number of carbonyl (C=O) groups is 1. The molecule has 2 N–H and O–H groups in total. The van der Waals surface area contributed by atoms with E-state index in [4.69, 9.17) is 4.74 Å². The molecule has 0 saturated heterocycles. The molecule has 0 aliphatic carbocycles. The largest absolute Gasteiger partial charge is 0.493 e. The maximum Gasteiger partial charge on any atom is 0.275 e. The van der Waals surface area contributed by atoms with Crippen molar-refractivity contribution in [3.8, 4) is 5.75 Å². The fourth-order valence-electron chi connectivity index (χ4n) is 3.06. The van der Waals surface area contributed by atoms with Gasteiger partial charge in [-0.1, -0.05) is 42.1 Å². The summed E-state index contributed by atoms with van der Waals surface area (Å²) in [6, 6.07) is 21.5. The Balaban J connectivity index is 1.51. The van der Waals surface area contributed by atoms with Crippen LogP contribution < -0.4 is 15.5 Å². The number of hydrazone groups is 1. The van der Waals surface area contributed by atoms with Gasteiger partial charge in [0.25, 0.3) is 5.91 Å². The molecule has 0 fully saturated rings. The molecule has 0 saturated carbocycles. The van der Waals surface area contributed by atoms with Crippen molar-refractivity contribution in [2.24, 2.45) is 5.10 Å². The maximum atomic E-state index is 12.5. The van der Waals surface area contributed by atoms with Crippen LogP contribution in [0.25, 0.3) is 0 Å². The average molecular weight is 404 g/mol. The molecule has 5 nitrogen and oxygen atoms in total. The third kappa shape index (κ3) is 4.12. The highest BCUT2D eigenvalue weighted by Crippen LogP contribution is 2.44. The summed E-state index contributed by atoms with van der Waals surface area (Å²) >= 11 is 1.74. The minimum atomic E-state index is -0.297. The van der Waals surface area contributed by atoms with Gasteiger partial charge in [0.15, 0.2) is 0 Å². The number of carbonyl (C=O) groups excluding carboxylic acids is 1. The van der Waals surface area contributed by atoms with Crippen LogP contribution in [0.1, 0.15) is 29.8 Å². The summed E-state index contributed by atoms with van der Waals surface area (Å²) in [6.45, 7) is 4.26. The number of nitrogens with zero attached hydrogens (tertiary/aromatic N) is 1. The molecular formula is C23H21N3O2S. The Kier molecular flexibility index (Phi) is 5.53. The van der Waals surface area contributed by atoms with Gasteiger partial charge in [-0.25, -0.2) is 5.43 Å². The SMILES string of the molecule is CCOc1ccccc1C(=O)N/N=C(/C)c1ccc2c(c1)Nc1ccccc1S2. The zero-order valence-corrected chi connectivity index (χ0v) is 17.0. The standard InChI is InChI=1S/C23H21N3O2S/c1-3-28-20-10-6-4-8-17(20)23(27)26-25-15(2)16-12-13-22-19(14-16)24-18-9-5-7-11-21(18)29-22/h4-14,24H,3H2,1-2H3,(H,26,27)/b25-15-. The Labute approximate surface area is 174 Å². The van der Waals surface area contributed by atoms with Crippen molar-refractivity contribution in [3.63, 3.8) is 0 Å². The number of amides is 1. The molecule has 0 unspecified atom stereocenters. The van der Waals surface area contributed by atoms with Crippen LogP contribution in [0.5, 0.6) is 5.75 Å². The molecule has 0 radical (unpaired) electrons. The highest BCUT2D eigenvalue weighted by atomic mass is 32.2. The van der Waals surface area contributed by atoms with E-state index in [1.807, 2.05) is 38.1 Å². The quantitative estimate of drug-likeness (QED) is 0.344. The van der Waals surface area contributed by atoms with Crippen molar-refractivity contribution in [1.82, 2.24) is 5.43 Å². The molecule has 146 valence electrons. The van der Waals surface area contributed by atoms with Gasteiger partial charge < -0.3 is 10.1 Å². The van der Waals surface area contributed by atoms with E-state index in [1.165, 1.54) is 4.90 Å². The van der Waals surface area contributed by atoms with Gasteiger partial charge in [-0.2, -0.15) is 5.10 Å². The number of para-hydroxylation sites is 2. The molecular weight excluding hydrogens is 382 g/mol. The highest BCUT2D eigenvalue weighted by Gasteiger charge is 2.16. The third-order valence-electron chi connectivity index (χ3n) is 4.53. The molecule has 0 spiro atoms. The molecule has 3 aromatic rings. The van der Waals surface area contributed by atoms with E-state index in [1.54, 1.807) is 30.0 Å². The zero-order chi connectivity index (χ0) is 20.2. The predicted octanol–water partition coefficient (Wildman–Crippen LogP) is 5.45. The second-order valence-corrected chi connectivity index (χ2v) is 7.59. The van der Waals surface area contributed by atoms with Gasteiger partial charge in [-0.05, 0) is 55.8 Å². The van der Waals surface area contributed by atoms with Crippen molar-refractivity contribution in [3.05, 3.63) is 77.9 Å². The molecule has 4 rings (SSSR count). The Hall–Kier alpha value is -3.25. The van der Waals surface area contributed by atoms with Crippen LogP contribution in [0.4, 0.5) is 11.4 Å². The third-order valence-corrected chi connectivity index (χ3v) is 5.68. The monoisotopic (exact) mass is 403 g/mol. The number of fused-ring (bicyclic) bond motifs is 2. The smallest absolute Gasteiger partial charge is 0.275 e. The van der Waals surface area contributed by atoms with E-state index in [0.717, 1.165) is 27.5 Å². The Morgan fingerprint density at radius 2 is 1.79 bits per heavy atom. The normalized spacial score (nSPS) is 12.4. The lowest BCUT2D eigenvalue weighted by molar-refractivity contribution is 0.0951. The summed E-state index contributed by atoms with van der Waals surface area (Å²) in [5.41, 5.74) is 6.89. The second kappa shape index (κ2) is 8.41.